The topological polar surface area (TPSA) is 143 Å². The highest BCUT2D eigenvalue weighted by Gasteiger charge is 2.22. The second-order valence-electron chi connectivity index (χ2n) is 8.20. The van der Waals surface area contributed by atoms with Gasteiger partial charge < -0.3 is 21.0 Å². The first-order valence-corrected chi connectivity index (χ1v) is 11.3. The highest BCUT2D eigenvalue weighted by Crippen LogP contribution is 2.39. The first kappa shape index (κ1) is 24.0. The van der Waals surface area contributed by atoms with Gasteiger partial charge in [0.05, 0.1) is 24.7 Å². The summed E-state index contributed by atoms with van der Waals surface area (Å²) in [7, 11) is -2.20. The van der Waals surface area contributed by atoms with Gasteiger partial charge in [-0.1, -0.05) is 32.0 Å². The molecule has 0 saturated carbocycles. The van der Waals surface area contributed by atoms with E-state index in [1.807, 2.05) is 20.8 Å². The van der Waals surface area contributed by atoms with E-state index in [4.69, 9.17) is 15.7 Å². The van der Waals surface area contributed by atoms with Crippen molar-refractivity contribution < 1.29 is 23.2 Å². The number of aryl methyl sites for hydroxylation is 1. The Kier molecular flexibility index (Phi) is 6.85. The number of amides is 1. The van der Waals surface area contributed by atoms with Crippen molar-refractivity contribution in [3.63, 3.8) is 0 Å². The first-order valence-electron chi connectivity index (χ1n) is 9.37. The molecule has 168 valence electrons. The molecular weight excluding hydrogens is 420 g/mol. The van der Waals surface area contributed by atoms with Crippen LogP contribution in [0.15, 0.2) is 35.5 Å². The highest BCUT2D eigenvalue weighted by atomic mass is 32.2. The molecule has 0 aliphatic carbocycles. The summed E-state index contributed by atoms with van der Waals surface area (Å²) in [6.45, 7) is 7.67. The van der Waals surface area contributed by atoms with E-state index in [2.05, 4.69) is 15.2 Å². The minimum absolute atomic E-state index is 0.112. The quantitative estimate of drug-likeness (QED) is 0.231. The molecule has 0 atom stereocenters. The molecule has 0 unspecified atom stereocenters. The van der Waals surface area contributed by atoms with Gasteiger partial charge in [-0.2, -0.15) is 0 Å². The van der Waals surface area contributed by atoms with Crippen molar-refractivity contribution in [1.29, 1.82) is 0 Å². The van der Waals surface area contributed by atoms with Gasteiger partial charge in [0, 0.05) is 11.1 Å². The highest BCUT2D eigenvalue weighted by molar-refractivity contribution is 7.92. The van der Waals surface area contributed by atoms with E-state index in [1.54, 1.807) is 31.2 Å². The molecule has 2 rings (SSSR count). The van der Waals surface area contributed by atoms with Gasteiger partial charge in [0.1, 0.15) is 0 Å². The van der Waals surface area contributed by atoms with Gasteiger partial charge in [0.25, 0.3) is 5.91 Å². The number of methoxy groups -OCH3 is 1. The van der Waals surface area contributed by atoms with Crippen LogP contribution in [-0.4, -0.2) is 38.7 Å². The van der Waals surface area contributed by atoms with Crippen LogP contribution in [0.25, 0.3) is 0 Å². The summed E-state index contributed by atoms with van der Waals surface area (Å²) in [5, 5.41) is 14.7. The number of ether oxygens (including phenoxy) is 1. The molecule has 1 amide bonds. The second kappa shape index (κ2) is 8.84. The third kappa shape index (κ3) is 5.88. The van der Waals surface area contributed by atoms with Gasteiger partial charge in [-0.3, -0.25) is 9.52 Å². The van der Waals surface area contributed by atoms with Crippen molar-refractivity contribution >= 4 is 33.1 Å². The van der Waals surface area contributed by atoms with Crippen LogP contribution in [0.1, 0.15) is 47.8 Å². The summed E-state index contributed by atoms with van der Waals surface area (Å²) < 4.78 is 31.6. The van der Waals surface area contributed by atoms with Crippen molar-refractivity contribution in [1.82, 2.24) is 0 Å². The Labute approximate surface area is 182 Å². The number of nitrogens with zero attached hydrogens (tertiary/aromatic N) is 1. The van der Waals surface area contributed by atoms with Crippen LogP contribution in [0.4, 0.5) is 11.4 Å². The minimum atomic E-state index is -3.59. The smallest absolute Gasteiger partial charge is 0.255 e. The van der Waals surface area contributed by atoms with Gasteiger partial charge in [0.15, 0.2) is 11.6 Å². The van der Waals surface area contributed by atoms with Gasteiger partial charge >= 0.3 is 0 Å². The predicted octanol–water partition coefficient (Wildman–Crippen LogP) is 3.02. The second-order valence-corrected chi connectivity index (χ2v) is 9.95. The average Bonchev–Trinajstić information content (AvgIpc) is 2.65. The first-order chi connectivity index (χ1) is 14.3. The maximum absolute atomic E-state index is 13.0. The average molecular weight is 449 g/mol. The van der Waals surface area contributed by atoms with E-state index >= 15 is 0 Å². The number of nitrogens with two attached hydrogens (primary N) is 1. The Hall–Kier alpha value is -3.27. The summed E-state index contributed by atoms with van der Waals surface area (Å²) in [5.74, 6) is -0.406. The minimum Gasteiger partial charge on any atom is -0.492 e. The molecule has 2 aromatic carbocycles. The fraction of sp³-hybridized carbons (Fsp3) is 0.333. The molecule has 10 heteroatoms. The molecule has 5 N–H and O–H groups in total. The zero-order chi connectivity index (χ0) is 23.6. The molecule has 0 fully saturated rings. The molecule has 31 heavy (non-hydrogen) atoms. The number of anilines is 2. The number of benzene rings is 2. The maximum Gasteiger partial charge on any atom is 0.255 e. The summed E-state index contributed by atoms with van der Waals surface area (Å²) >= 11 is 0. The molecular formula is C21H28N4O5S. The zero-order valence-corrected chi connectivity index (χ0v) is 19.2. The van der Waals surface area contributed by atoms with Crippen molar-refractivity contribution in [2.45, 2.75) is 33.1 Å². The number of rotatable bonds is 6. The largest absolute Gasteiger partial charge is 0.492 e. The number of hydrogen-bond donors (Lipinski definition) is 4. The Bertz CT molecular complexity index is 1140. The fourth-order valence-corrected chi connectivity index (χ4v) is 3.49. The number of carbonyl (C=O) groups is 1. The van der Waals surface area contributed by atoms with E-state index in [9.17, 15) is 13.2 Å². The lowest BCUT2D eigenvalue weighted by Gasteiger charge is -2.24. The van der Waals surface area contributed by atoms with E-state index in [-0.39, 0.29) is 28.3 Å². The molecule has 0 saturated heterocycles. The summed E-state index contributed by atoms with van der Waals surface area (Å²) in [4.78, 5) is 13.0. The third-order valence-electron chi connectivity index (χ3n) is 4.59. The van der Waals surface area contributed by atoms with Crippen LogP contribution in [-0.2, 0) is 15.4 Å². The van der Waals surface area contributed by atoms with Crippen molar-refractivity contribution in [2.24, 2.45) is 10.9 Å². The molecule has 0 aliphatic heterocycles. The number of nitrogens with one attached hydrogen (secondary N) is 2. The number of hydrogen-bond acceptors (Lipinski definition) is 6. The Morgan fingerprint density at radius 3 is 2.29 bits per heavy atom. The number of carbonyl (C=O) groups excluding carboxylic acids is 1. The SMILES string of the molecule is COc1c(NC(=O)c2ccc(C)c(/C(N)=N/O)c2)cc(C(C)(C)C)cc1NS(C)(=O)=O. The lowest BCUT2D eigenvalue weighted by molar-refractivity contribution is 0.102. The van der Waals surface area contributed by atoms with Crippen molar-refractivity contribution in [3.05, 3.63) is 52.6 Å². The number of oxime groups is 1. The van der Waals surface area contributed by atoms with Gasteiger partial charge in [0.2, 0.25) is 10.0 Å². The lowest BCUT2D eigenvalue weighted by atomic mass is 9.86. The van der Waals surface area contributed by atoms with E-state index < -0.39 is 15.9 Å². The van der Waals surface area contributed by atoms with Gasteiger partial charge in [-0.05, 0) is 47.7 Å². The van der Waals surface area contributed by atoms with Crippen molar-refractivity contribution in [3.8, 4) is 5.75 Å². The standard InChI is InChI=1S/C21H28N4O5S/c1-12-7-8-13(9-15(12)19(22)24-27)20(26)23-16-10-14(21(2,3)4)11-17(18(16)30-5)25-31(6,28)29/h7-11,25,27H,1-6H3,(H2,22,24)(H,23,26). The fourth-order valence-electron chi connectivity index (χ4n) is 2.94. The van der Waals surface area contributed by atoms with Crippen LogP contribution in [0, 0.1) is 6.92 Å². The molecule has 0 heterocycles. The molecule has 0 spiro atoms. The Morgan fingerprint density at radius 2 is 1.77 bits per heavy atom. The summed E-state index contributed by atoms with van der Waals surface area (Å²) in [5.41, 5.74) is 8.10. The lowest BCUT2D eigenvalue weighted by Crippen LogP contribution is -2.19. The number of sulfonamides is 1. The van der Waals surface area contributed by atoms with Gasteiger partial charge in [-0.25, -0.2) is 8.42 Å². The maximum atomic E-state index is 13.0. The molecule has 0 aliphatic rings. The Morgan fingerprint density at radius 1 is 1.16 bits per heavy atom. The van der Waals surface area contributed by atoms with E-state index in [1.165, 1.54) is 13.2 Å². The molecule has 0 aromatic heterocycles. The van der Waals surface area contributed by atoms with Crippen LogP contribution in [0.3, 0.4) is 0 Å². The van der Waals surface area contributed by atoms with Crippen LogP contribution in [0.5, 0.6) is 5.75 Å². The van der Waals surface area contributed by atoms with Gasteiger partial charge in [-0.15, -0.1) is 0 Å². The van der Waals surface area contributed by atoms with Crippen LogP contribution >= 0.6 is 0 Å². The monoisotopic (exact) mass is 448 g/mol. The number of amidine groups is 1. The van der Waals surface area contributed by atoms with Crippen molar-refractivity contribution in [2.75, 3.05) is 23.4 Å². The zero-order valence-electron chi connectivity index (χ0n) is 18.4. The molecule has 0 radical (unpaired) electrons. The summed E-state index contributed by atoms with van der Waals surface area (Å²) in [6, 6.07) is 8.21. The molecule has 2 aromatic rings. The normalized spacial score (nSPS) is 12.4. The third-order valence-corrected chi connectivity index (χ3v) is 5.18. The Balaban J connectivity index is 2.57. The molecule has 0 bridgehead atoms. The summed E-state index contributed by atoms with van der Waals surface area (Å²) in [6.07, 6.45) is 1.04. The predicted molar refractivity (Wildman–Crippen MR) is 122 cm³/mol. The van der Waals surface area contributed by atoms with Crippen LogP contribution in [0.2, 0.25) is 0 Å². The van der Waals surface area contributed by atoms with E-state index in [0.29, 0.717) is 11.3 Å². The molecule has 9 nitrogen and oxygen atoms in total. The van der Waals surface area contributed by atoms with Crippen LogP contribution < -0.4 is 20.5 Å². The van der Waals surface area contributed by atoms with E-state index in [0.717, 1.165) is 17.4 Å².